The molecule has 1 atom stereocenters. The molecule has 0 bridgehead atoms. The number of esters is 2. The standard InChI is InChI=1S/C12H16N2O3/c1-8(14(2)3)11(15)17-12(16)9-4-6-10(13)7-5-9/h4-8H,13H2,1-3H3/t8-/m0/s1. The number of carbonyl (C=O) groups is 2. The lowest BCUT2D eigenvalue weighted by Crippen LogP contribution is -2.35. The number of hydrogen-bond acceptors (Lipinski definition) is 5. The molecule has 0 spiro atoms. The molecule has 1 aromatic rings. The maximum atomic E-state index is 11.6. The summed E-state index contributed by atoms with van der Waals surface area (Å²) in [6.45, 7) is 1.67. The lowest BCUT2D eigenvalue weighted by molar-refractivity contribution is -0.142. The number of anilines is 1. The maximum absolute atomic E-state index is 11.6. The number of nitrogen functional groups attached to an aromatic ring is 1. The summed E-state index contributed by atoms with van der Waals surface area (Å²) in [6.07, 6.45) is 0. The van der Waals surface area contributed by atoms with Crippen molar-refractivity contribution < 1.29 is 14.3 Å². The summed E-state index contributed by atoms with van der Waals surface area (Å²) in [5, 5.41) is 0. The Kier molecular flexibility index (Phi) is 4.23. The Hall–Kier alpha value is -1.88. The molecule has 0 aliphatic rings. The highest BCUT2D eigenvalue weighted by Crippen LogP contribution is 2.08. The first-order valence-corrected chi connectivity index (χ1v) is 5.20. The van der Waals surface area contributed by atoms with Crippen molar-refractivity contribution in [1.29, 1.82) is 0 Å². The number of ether oxygens (including phenoxy) is 1. The molecule has 1 rings (SSSR count). The number of carbonyl (C=O) groups excluding carboxylic acids is 2. The number of nitrogens with zero attached hydrogens (tertiary/aromatic N) is 1. The van der Waals surface area contributed by atoms with Gasteiger partial charge in [-0.15, -0.1) is 0 Å². The van der Waals surface area contributed by atoms with Gasteiger partial charge in [0, 0.05) is 5.69 Å². The van der Waals surface area contributed by atoms with Gasteiger partial charge in [-0.05, 0) is 45.3 Å². The summed E-state index contributed by atoms with van der Waals surface area (Å²) in [5.74, 6) is -1.24. The Labute approximate surface area is 100 Å². The van der Waals surface area contributed by atoms with E-state index in [4.69, 9.17) is 10.5 Å². The van der Waals surface area contributed by atoms with Gasteiger partial charge in [-0.3, -0.25) is 4.90 Å². The largest absolute Gasteiger partial charge is 0.399 e. The molecule has 0 amide bonds. The van der Waals surface area contributed by atoms with Crippen LogP contribution in [0.3, 0.4) is 0 Å². The van der Waals surface area contributed by atoms with E-state index in [1.165, 1.54) is 12.1 Å². The molecule has 0 fully saturated rings. The van der Waals surface area contributed by atoms with Crippen LogP contribution in [0.1, 0.15) is 17.3 Å². The second-order valence-corrected chi connectivity index (χ2v) is 3.97. The molecule has 1 aromatic carbocycles. The van der Waals surface area contributed by atoms with Crippen molar-refractivity contribution in [1.82, 2.24) is 4.90 Å². The maximum Gasteiger partial charge on any atom is 0.345 e. The quantitative estimate of drug-likeness (QED) is 0.479. The first-order valence-electron chi connectivity index (χ1n) is 5.20. The molecule has 0 unspecified atom stereocenters. The first-order chi connectivity index (χ1) is 7.91. The van der Waals surface area contributed by atoms with Gasteiger partial charge in [0.2, 0.25) is 0 Å². The van der Waals surface area contributed by atoms with E-state index in [1.54, 1.807) is 38.1 Å². The van der Waals surface area contributed by atoms with Crippen LogP contribution in [0.4, 0.5) is 5.69 Å². The topological polar surface area (TPSA) is 72.6 Å². The molecule has 0 aliphatic heterocycles. The van der Waals surface area contributed by atoms with Crippen molar-refractivity contribution in [2.45, 2.75) is 13.0 Å². The third kappa shape index (κ3) is 3.57. The number of benzene rings is 1. The van der Waals surface area contributed by atoms with E-state index in [0.717, 1.165) is 0 Å². The SMILES string of the molecule is C[C@@H](C(=O)OC(=O)c1ccc(N)cc1)N(C)C. The van der Waals surface area contributed by atoms with Crippen LogP contribution in [0.25, 0.3) is 0 Å². The smallest absolute Gasteiger partial charge is 0.345 e. The molecule has 0 saturated heterocycles. The van der Waals surface area contributed by atoms with Gasteiger partial charge >= 0.3 is 11.9 Å². The molecule has 5 heteroatoms. The number of hydrogen-bond donors (Lipinski definition) is 1. The van der Waals surface area contributed by atoms with Crippen LogP contribution in [0.2, 0.25) is 0 Å². The zero-order valence-electron chi connectivity index (χ0n) is 10.1. The predicted octanol–water partition coefficient (Wildman–Crippen LogP) is 0.902. The molecular weight excluding hydrogens is 220 g/mol. The van der Waals surface area contributed by atoms with Gasteiger partial charge in [-0.25, -0.2) is 9.59 Å². The number of rotatable bonds is 3. The highest BCUT2D eigenvalue weighted by Gasteiger charge is 2.20. The van der Waals surface area contributed by atoms with Gasteiger partial charge < -0.3 is 10.5 Å². The van der Waals surface area contributed by atoms with Gasteiger partial charge in [0.1, 0.15) is 6.04 Å². The highest BCUT2D eigenvalue weighted by molar-refractivity contribution is 5.98. The number of nitrogens with two attached hydrogens (primary N) is 1. The lowest BCUT2D eigenvalue weighted by Gasteiger charge is -2.17. The third-order valence-corrected chi connectivity index (χ3v) is 2.46. The van der Waals surface area contributed by atoms with Crippen molar-refractivity contribution in [3.63, 3.8) is 0 Å². The van der Waals surface area contributed by atoms with Crippen molar-refractivity contribution >= 4 is 17.6 Å². The van der Waals surface area contributed by atoms with Gasteiger partial charge in [0.25, 0.3) is 0 Å². The Morgan fingerprint density at radius 1 is 1.24 bits per heavy atom. The molecule has 0 aromatic heterocycles. The van der Waals surface area contributed by atoms with Crippen molar-refractivity contribution in [3.05, 3.63) is 29.8 Å². The van der Waals surface area contributed by atoms with Gasteiger partial charge in [0.05, 0.1) is 5.56 Å². The van der Waals surface area contributed by atoms with Crippen molar-refractivity contribution in [2.24, 2.45) is 0 Å². The summed E-state index contributed by atoms with van der Waals surface area (Å²) >= 11 is 0. The van der Waals surface area contributed by atoms with Gasteiger partial charge in [0.15, 0.2) is 0 Å². The van der Waals surface area contributed by atoms with Crippen molar-refractivity contribution in [3.8, 4) is 0 Å². The molecule has 2 N–H and O–H groups in total. The fourth-order valence-electron chi connectivity index (χ4n) is 1.07. The highest BCUT2D eigenvalue weighted by atomic mass is 16.6. The Bertz CT molecular complexity index is 412. The zero-order chi connectivity index (χ0) is 13.0. The van der Waals surface area contributed by atoms with E-state index in [0.29, 0.717) is 11.3 Å². The van der Waals surface area contributed by atoms with E-state index in [-0.39, 0.29) is 0 Å². The average molecular weight is 236 g/mol. The van der Waals surface area contributed by atoms with E-state index in [2.05, 4.69) is 0 Å². The average Bonchev–Trinajstić information content (AvgIpc) is 2.28. The normalized spacial score (nSPS) is 12.2. The molecule has 0 aliphatic carbocycles. The monoisotopic (exact) mass is 236 g/mol. The van der Waals surface area contributed by atoms with Crippen LogP contribution in [-0.2, 0) is 9.53 Å². The minimum Gasteiger partial charge on any atom is -0.399 e. The van der Waals surface area contributed by atoms with Crippen LogP contribution in [0.5, 0.6) is 0 Å². The third-order valence-electron chi connectivity index (χ3n) is 2.46. The molecule has 0 saturated carbocycles. The Morgan fingerprint density at radius 3 is 2.24 bits per heavy atom. The van der Waals surface area contributed by atoms with Crippen LogP contribution < -0.4 is 5.73 Å². The summed E-state index contributed by atoms with van der Waals surface area (Å²) in [7, 11) is 3.47. The molecule has 5 nitrogen and oxygen atoms in total. The van der Waals surface area contributed by atoms with E-state index < -0.39 is 18.0 Å². The molecule has 0 radical (unpaired) electrons. The number of likely N-dealkylation sites (N-methyl/N-ethyl adjacent to an activating group) is 1. The fourth-order valence-corrected chi connectivity index (χ4v) is 1.07. The second-order valence-electron chi connectivity index (χ2n) is 3.97. The van der Waals surface area contributed by atoms with Crippen LogP contribution in [0, 0.1) is 0 Å². The van der Waals surface area contributed by atoms with Crippen molar-refractivity contribution in [2.75, 3.05) is 19.8 Å². The molecule has 17 heavy (non-hydrogen) atoms. The first kappa shape index (κ1) is 13.2. The molecular formula is C12H16N2O3. The van der Waals surface area contributed by atoms with Crippen LogP contribution >= 0.6 is 0 Å². The van der Waals surface area contributed by atoms with Gasteiger partial charge in [-0.2, -0.15) is 0 Å². The van der Waals surface area contributed by atoms with E-state index in [1.807, 2.05) is 0 Å². The Morgan fingerprint density at radius 2 is 1.76 bits per heavy atom. The fraction of sp³-hybridized carbons (Fsp3) is 0.333. The summed E-state index contributed by atoms with van der Waals surface area (Å²) in [4.78, 5) is 24.8. The van der Waals surface area contributed by atoms with Crippen LogP contribution in [-0.4, -0.2) is 37.0 Å². The summed E-state index contributed by atoms with van der Waals surface area (Å²) < 4.78 is 4.74. The van der Waals surface area contributed by atoms with E-state index >= 15 is 0 Å². The summed E-state index contributed by atoms with van der Waals surface area (Å²) in [6, 6.07) is 5.73. The minimum absolute atomic E-state index is 0.304. The molecule has 0 heterocycles. The lowest BCUT2D eigenvalue weighted by atomic mass is 10.2. The molecule has 92 valence electrons. The summed E-state index contributed by atoms with van der Waals surface area (Å²) in [5.41, 5.74) is 6.34. The van der Waals surface area contributed by atoms with Gasteiger partial charge in [-0.1, -0.05) is 0 Å². The van der Waals surface area contributed by atoms with E-state index in [9.17, 15) is 9.59 Å². The second kappa shape index (κ2) is 5.45. The predicted molar refractivity (Wildman–Crippen MR) is 64.4 cm³/mol. The van der Waals surface area contributed by atoms with Crippen LogP contribution in [0.15, 0.2) is 24.3 Å². The minimum atomic E-state index is -0.663. The Balaban J connectivity index is 2.67. The zero-order valence-corrected chi connectivity index (χ0v) is 10.1.